The van der Waals surface area contributed by atoms with Gasteiger partial charge in [-0.1, -0.05) is 64.0 Å². The van der Waals surface area contributed by atoms with Crippen molar-refractivity contribution in [2.45, 2.75) is 85.6 Å². The molecule has 362 valence electrons. The first-order valence-corrected chi connectivity index (χ1v) is 21.0. The molecule has 0 saturated heterocycles. The zero-order valence-corrected chi connectivity index (χ0v) is 43.7. The second-order valence-corrected chi connectivity index (χ2v) is 17.3. The maximum atomic E-state index is 15.2. The molecule has 0 unspecified atom stereocenters. The van der Waals surface area contributed by atoms with Gasteiger partial charge in [0.25, 0.3) is 0 Å². The van der Waals surface area contributed by atoms with Gasteiger partial charge >= 0.3 is 51.4 Å². The Morgan fingerprint density at radius 1 is 0.700 bits per heavy atom. The van der Waals surface area contributed by atoms with Gasteiger partial charge in [0.2, 0.25) is 35.3 Å². The number of nitrogens with zero attached hydrogens (tertiary/aromatic N) is 14. The fraction of sp³-hybridized carbons (Fsp3) is 0.333. The topological polar surface area (TPSA) is 305 Å². The Bertz CT molecular complexity index is 3030. The van der Waals surface area contributed by atoms with Gasteiger partial charge in [-0.05, 0) is 54.7 Å². The number of carbonyl (C=O) groups is 1. The van der Waals surface area contributed by atoms with Gasteiger partial charge in [0, 0.05) is 62.4 Å². The van der Waals surface area contributed by atoms with Crippen molar-refractivity contribution in [3.8, 4) is 22.8 Å². The number of hydrogen-bond acceptors (Lipinski definition) is 20. The summed E-state index contributed by atoms with van der Waals surface area (Å²) in [5, 5.41) is 21.5. The molecule has 8 rings (SSSR count). The van der Waals surface area contributed by atoms with Crippen LogP contribution in [0.3, 0.4) is 0 Å². The van der Waals surface area contributed by atoms with Crippen molar-refractivity contribution >= 4 is 35.6 Å². The van der Waals surface area contributed by atoms with E-state index in [1.807, 2.05) is 41.5 Å². The number of nitrogens with one attached hydrogen (secondary N) is 2. The number of anilines is 4. The van der Waals surface area contributed by atoms with E-state index in [-0.39, 0.29) is 127 Å². The van der Waals surface area contributed by atoms with Gasteiger partial charge < -0.3 is 35.7 Å². The monoisotopic (exact) mass is 986 g/mol. The molecule has 0 aliphatic carbocycles. The summed E-state index contributed by atoms with van der Waals surface area (Å²) >= 11 is 0. The minimum Gasteiger partial charge on any atom is -0.870 e. The van der Waals surface area contributed by atoms with Gasteiger partial charge in [-0.2, -0.15) is 31.4 Å². The number of aromatic nitrogens is 14. The summed E-state index contributed by atoms with van der Waals surface area (Å²) < 4.78 is 43.0. The molecule has 0 amide bonds. The van der Waals surface area contributed by atoms with Gasteiger partial charge in [0.15, 0.2) is 23.3 Å². The number of benzene rings is 2. The molecule has 0 aliphatic heterocycles. The van der Waals surface area contributed by atoms with Gasteiger partial charge in [0.05, 0.1) is 17.0 Å². The Labute approximate surface area is 443 Å². The van der Waals surface area contributed by atoms with Crippen LogP contribution >= 0.6 is 0 Å². The van der Waals surface area contributed by atoms with Crippen LogP contribution in [0.25, 0.3) is 22.8 Å². The van der Waals surface area contributed by atoms with Crippen LogP contribution in [-0.4, -0.2) is 87.3 Å². The largest absolute Gasteiger partial charge is 1.00 e. The molecular weight excluding hydrogens is 936 g/mol. The fourth-order valence-corrected chi connectivity index (χ4v) is 6.02. The van der Waals surface area contributed by atoms with E-state index in [1.54, 1.807) is 92.4 Å². The summed E-state index contributed by atoms with van der Waals surface area (Å²) in [6, 6.07) is 10.3. The molecule has 0 radical (unpaired) electrons. The fourth-order valence-electron chi connectivity index (χ4n) is 6.02. The third-order valence-corrected chi connectivity index (χ3v) is 9.85. The Hall–Kier alpha value is -6.48. The molecule has 0 bridgehead atoms. The van der Waals surface area contributed by atoms with Gasteiger partial charge in [0.1, 0.15) is 24.3 Å². The van der Waals surface area contributed by atoms with E-state index >= 15 is 4.39 Å². The molecule has 2 aromatic carbocycles. The van der Waals surface area contributed by atoms with Crippen molar-refractivity contribution in [2.24, 2.45) is 19.8 Å². The van der Waals surface area contributed by atoms with Crippen LogP contribution in [0, 0.1) is 25.5 Å². The summed E-state index contributed by atoms with van der Waals surface area (Å²) in [7, 11) is 3.60. The van der Waals surface area contributed by atoms with Crippen molar-refractivity contribution < 1.29 is 84.3 Å². The molecule has 0 spiro atoms. The van der Waals surface area contributed by atoms with Crippen LogP contribution in [0.4, 0.5) is 32.3 Å². The minimum absolute atomic E-state index is 0. The third-order valence-electron chi connectivity index (χ3n) is 9.85. The molecule has 6 aromatic heterocycles. The molecule has 5 N–H and O–H groups in total. The van der Waals surface area contributed by atoms with E-state index in [4.69, 9.17) is 14.8 Å². The normalized spacial score (nSPS) is 11.0. The third kappa shape index (κ3) is 14.5. The number of hydrogen-bond donors (Lipinski definition) is 3. The summed E-state index contributed by atoms with van der Waals surface area (Å²) in [6.07, 6.45) is 8.23. The zero-order chi connectivity index (χ0) is 49.3. The maximum Gasteiger partial charge on any atom is 1.00 e. The van der Waals surface area contributed by atoms with Crippen LogP contribution in [0.15, 0.2) is 70.5 Å². The van der Waals surface area contributed by atoms with E-state index < -0.39 is 5.82 Å². The Kier molecular flexibility index (Phi) is 19.5. The molecule has 25 heteroatoms. The van der Waals surface area contributed by atoms with Gasteiger partial charge in [-0.3, -0.25) is 14.2 Å². The second-order valence-electron chi connectivity index (χ2n) is 17.3. The smallest absolute Gasteiger partial charge is 0.870 e. The first-order chi connectivity index (χ1) is 32.2. The van der Waals surface area contributed by atoms with Gasteiger partial charge in [-0.15, -0.1) is 0 Å². The summed E-state index contributed by atoms with van der Waals surface area (Å²) in [6.45, 7) is 15.2. The van der Waals surface area contributed by atoms with Crippen molar-refractivity contribution in [3.63, 3.8) is 0 Å². The number of Topliss-reactive ketones (excluding diaryl/α,β-unsaturated/α-hetero) is 1. The summed E-state index contributed by atoms with van der Waals surface area (Å²) in [5.74, 6) is 1.95. The molecule has 22 nitrogen and oxygen atoms in total. The Morgan fingerprint density at radius 3 is 1.59 bits per heavy atom. The van der Waals surface area contributed by atoms with E-state index in [1.165, 1.54) is 12.7 Å². The predicted octanol–water partition coefficient (Wildman–Crippen LogP) is 3.53. The average molecular weight is 987 g/mol. The SMILES string of the molecule is CC(C)(C)c1nc([C-]=O)no1.Cc1c(CCC(=O)c2noc(C(C)(C)C)n2)ccc(-c2ncnc(Nc3ccn(C)n3)n2)c1F.Cc1c(CN)ccc(-c2ncnc(Nc3ccn(C)n3)n2)c1F.[K+].[OH-]. The molecule has 0 saturated carbocycles. The quantitative estimate of drug-likeness (QED) is 0.0895. The van der Waals surface area contributed by atoms with Crippen molar-refractivity contribution in [2.75, 3.05) is 10.6 Å². The van der Waals surface area contributed by atoms with Gasteiger partial charge in [-0.25, -0.2) is 33.7 Å². The number of nitrogens with two attached hydrogens (primary N) is 1. The second kappa shape index (κ2) is 24.4. The van der Waals surface area contributed by atoms with Crippen molar-refractivity contribution in [1.82, 2.24) is 69.7 Å². The number of ketones is 1. The maximum absolute atomic E-state index is 15.2. The van der Waals surface area contributed by atoms with Crippen LogP contribution in [0.2, 0.25) is 0 Å². The molecule has 0 aliphatic rings. The van der Waals surface area contributed by atoms with Crippen molar-refractivity contribution in [1.29, 1.82) is 0 Å². The van der Waals surface area contributed by atoms with Crippen molar-refractivity contribution in [3.05, 3.63) is 119 Å². The number of rotatable bonds is 12. The Morgan fingerprint density at radius 2 is 1.17 bits per heavy atom. The molecular formula is C45H51F2KN17O5-. The van der Waals surface area contributed by atoms with Crippen LogP contribution in [0.5, 0.6) is 0 Å². The molecule has 6 heterocycles. The van der Waals surface area contributed by atoms with Crippen LogP contribution < -0.4 is 67.8 Å². The van der Waals surface area contributed by atoms with E-state index in [0.29, 0.717) is 58.0 Å². The van der Waals surface area contributed by atoms with E-state index in [2.05, 4.69) is 71.0 Å². The molecule has 70 heavy (non-hydrogen) atoms. The number of carbonyl (C=O) groups excluding carboxylic acids is 2. The number of halogens is 2. The predicted molar refractivity (Wildman–Crippen MR) is 246 cm³/mol. The standard InChI is InChI=1S/C23H25FN8O2.C15H16FN7.C7H9N2O2.K.H2O/c1-13-14(7-9-16(33)20-28-21(34-31-20)23(2,3)4)6-8-15(18(13)24)19-25-12-26-22(29-19)27-17-10-11-32(5)30-17;1-9-10(7-17)3-4-11(13(9)16)14-18-8-19-15(21-14)20-12-5-6-23(2)22-12;1-7(2,3)6-8-5(4-10)9-11-6;;/h6,8,10-12H,7,9H2,1-5H3,(H,25,26,27,29,30);3-6,8H,7,17H2,1-2H3,(H,18,19,20,21,22);1-3H3;;1H2/q;;-1;+1;/p-1. The van der Waals surface area contributed by atoms with Crippen LogP contribution in [0.1, 0.15) is 98.4 Å². The minimum atomic E-state index is -0.450. The molecule has 8 aromatic rings. The first kappa shape index (κ1) is 56.1. The number of aryl methyl sites for hydroxylation is 3. The van der Waals surface area contributed by atoms with Crippen LogP contribution in [-0.2, 0) is 42.7 Å². The first-order valence-electron chi connectivity index (χ1n) is 21.0. The summed E-state index contributed by atoms with van der Waals surface area (Å²) in [4.78, 5) is 55.4. The molecule has 0 atom stereocenters. The zero-order valence-electron chi connectivity index (χ0n) is 40.6. The van der Waals surface area contributed by atoms with E-state index in [0.717, 1.165) is 5.56 Å². The average Bonchev–Trinajstić information content (AvgIpc) is 4.14. The summed E-state index contributed by atoms with van der Waals surface area (Å²) in [5.41, 5.74) is 7.99. The Balaban J connectivity index is 0.000000255. The molecule has 0 fully saturated rings. The van der Waals surface area contributed by atoms with E-state index in [9.17, 15) is 14.0 Å².